The van der Waals surface area contributed by atoms with E-state index in [2.05, 4.69) is 14.8 Å². The number of carbonyl (C=O) groups excluding carboxylic acids is 2. The highest BCUT2D eigenvalue weighted by molar-refractivity contribution is 7.99. The van der Waals surface area contributed by atoms with Gasteiger partial charge in [-0.1, -0.05) is 72.4 Å². The molecule has 0 spiro atoms. The minimum absolute atomic E-state index is 0.0163. The van der Waals surface area contributed by atoms with E-state index in [-0.39, 0.29) is 17.9 Å². The molecule has 1 atom stereocenters. The van der Waals surface area contributed by atoms with E-state index >= 15 is 0 Å². The topological polar surface area (TPSA) is 80.6 Å². The number of amides is 2. The van der Waals surface area contributed by atoms with E-state index in [4.69, 9.17) is 4.74 Å². The molecule has 4 aromatic carbocycles. The molecule has 0 aliphatic carbocycles. The van der Waals surface area contributed by atoms with Crippen LogP contribution >= 0.6 is 11.8 Å². The quantitative estimate of drug-likeness (QED) is 0.144. The number of hydrogen-bond acceptors (Lipinski definition) is 6. The molecule has 6 rings (SSSR count). The van der Waals surface area contributed by atoms with E-state index in [1.165, 1.54) is 0 Å². The maximum atomic E-state index is 13.3. The van der Waals surface area contributed by atoms with E-state index in [1.54, 1.807) is 18.9 Å². The van der Waals surface area contributed by atoms with Crippen LogP contribution in [0.15, 0.2) is 102 Å². The Morgan fingerprint density at radius 1 is 0.886 bits per heavy atom. The molecule has 9 heteroatoms. The highest BCUT2D eigenvalue weighted by Crippen LogP contribution is 2.29. The van der Waals surface area contributed by atoms with Crippen molar-refractivity contribution >= 4 is 34.3 Å². The first-order valence-corrected chi connectivity index (χ1v) is 15.9. The number of piperazine rings is 1. The number of thioether (sulfide) groups is 1. The Bertz CT molecular complexity index is 1760. The maximum Gasteiger partial charge on any atom is 0.254 e. The Hall–Kier alpha value is -4.63. The predicted molar refractivity (Wildman–Crippen MR) is 174 cm³/mol. The van der Waals surface area contributed by atoms with Gasteiger partial charge in [0.05, 0.1) is 7.11 Å². The minimum Gasteiger partial charge on any atom is -0.497 e. The van der Waals surface area contributed by atoms with Crippen LogP contribution in [0, 0.1) is 0 Å². The summed E-state index contributed by atoms with van der Waals surface area (Å²) in [6.45, 7) is 3.63. The van der Waals surface area contributed by atoms with Crippen molar-refractivity contribution in [3.05, 3.63) is 103 Å². The molecule has 0 saturated carbocycles. The van der Waals surface area contributed by atoms with Crippen molar-refractivity contribution in [1.82, 2.24) is 24.6 Å². The van der Waals surface area contributed by atoms with Gasteiger partial charge in [0, 0.05) is 54.7 Å². The zero-order chi connectivity index (χ0) is 30.5. The van der Waals surface area contributed by atoms with Gasteiger partial charge in [0.25, 0.3) is 5.91 Å². The third-order valence-electron chi connectivity index (χ3n) is 8.00. The van der Waals surface area contributed by atoms with Crippen LogP contribution in [-0.2, 0) is 4.79 Å². The summed E-state index contributed by atoms with van der Waals surface area (Å²) >= 11 is 1.59. The van der Waals surface area contributed by atoms with Gasteiger partial charge < -0.3 is 14.5 Å². The minimum atomic E-state index is -0.0551. The molecule has 1 unspecified atom stereocenters. The van der Waals surface area contributed by atoms with Gasteiger partial charge in [0.15, 0.2) is 11.0 Å². The second-order valence-electron chi connectivity index (χ2n) is 10.9. The van der Waals surface area contributed by atoms with E-state index < -0.39 is 0 Å². The van der Waals surface area contributed by atoms with Gasteiger partial charge in [-0.05, 0) is 60.5 Å². The first-order chi connectivity index (χ1) is 21.5. The fourth-order valence-corrected chi connectivity index (χ4v) is 6.51. The van der Waals surface area contributed by atoms with Gasteiger partial charge in [-0.25, -0.2) is 0 Å². The molecule has 2 heterocycles. The lowest BCUT2D eigenvalue weighted by atomic mass is 10.0. The van der Waals surface area contributed by atoms with Crippen LogP contribution in [0.4, 0.5) is 0 Å². The first-order valence-electron chi connectivity index (χ1n) is 14.9. The van der Waals surface area contributed by atoms with Crippen LogP contribution in [0.5, 0.6) is 5.75 Å². The van der Waals surface area contributed by atoms with Crippen molar-refractivity contribution in [2.24, 2.45) is 0 Å². The molecule has 1 aliphatic heterocycles. The van der Waals surface area contributed by atoms with E-state index in [1.807, 2.05) is 114 Å². The van der Waals surface area contributed by atoms with Crippen LogP contribution < -0.4 is 4.74 Å². The monoisotopic (exact) mass is 605 g/mol. The number of methoxy groups -OCH3 is 1. The van der Waals surface area contributed by atoms with Gasteiger partial charge >= 0.3 is 0 Å². The molecular formula is C35H35N5O3S. The Kier molecular flexibility index (Phi) is 8.93. The summed E-state index contributed by atoms with van der Waals surface area (Å²) in [5.74, 6) is 2.41. The van der Waals surface area contributed by atoms with Crippen LogP contribution in [0.2, 0.25) is 0 Å². The largest absolute Gasteiger partial charge is 0.497 e. The summed E-state index contributed by atoms with van der Waals surface area (Å²) in [4.78, 5) is 30.3. The van der Waals surface area contributed by atoms with Gasteiger partial charge in [-0.2, -0.15) is 0 Å². The third-order valence-corrected chi connectivity index (χ3v) is 9.01. The Morgan fingerprint density at radius 2 is 1.64 bits per heavy atom. The number of rotatable bonds is 9. The Labute approximate surface area is 261 Å². The number of hydrogen-bond donors (Lipinski definition) is 0. The second-order valence-corrected chi connectivity index (χ2v) is 12.0. The highest BCUT2D eigenvalue weighted by Gasteiger charge is 2.30. The standard InChI is InChI=1S/C35H35N5O3S/c1-25-24-38(20-21-39(25)34(42)29-15-14-26-9-6-7-12-28(26)23-29)32(41)13-8-22-44-35-37-36-33(27-10-4-3-5-11-27)40(35)30-16-18-31(43-2)19-17-30/h3-7,9-12,14-19,23,25H,8,13,20-22,24H2,1-2H3. The lowest BCUT2D eigenvalue weighted by molar-refractivity contribution is -0.133. The molecule has 0 N–H and O–H groups in total. The van der Waals surface area contributed by atoms with E-state index in [0.717, 1.165) is 44.5 Å². The number of benzene rings is 4. The molecule has 224 valence electrons. The molecule has 5 aromatic rings. The van der Waals surface area contributed by atoms with Gasteiger partial charge in [0.1, 0.15) is 5.75 Å². The predicted octanol–water partition coefficient (Wildman–Crippen LogP) is 6.34. The lowest BCUT2D eigenvalue weighted by Crippen LogP contribution is -2.55. The molecule has 0 radical (unpaired) electrons. The fourth-order valence-electron chi connectivity index (χ4n) is 5.62. The van der Waals surface area contributed by atoms with E-state index in [9.17, 15) is 9.59 Å². The molecule has 1 aromatic heterocycles. The van der Waals surface area contributed by atoms with Crippen LogP contribution in [-0.4, -0.2) is 74.9 Å². The molecule has 8 nitrogen and oxygen atoms in total. The third kappa shape index (κ3) is 6.33. The molecule has 0 bridgehead atoms. The SMILES string of the molecule is COc1ccc(-n2c(SCCCC(=O)N3CCN(C(=O)c4ccc5ccccc5c4)C(C)C3)nnc2-c2ccccc2)cc1. The average Bonchev–Trinajstić information content (AvgIpc) is 3.50. The molecule has 2 amide bonds. The number of fused-ring (bicyclic) bond motifs is 1. The van der Waals surface area contributed by atoms with Crippen LogP contribution in [0.25, 0.3) is 27.8 Å². The maximum absolute atomic E-state index is 13.3. The molecule has 1 saturated heterocycles. The summed E-state index contributed by atoms with van der Waals surface area (Å²) < 4.78 is 7.39. The molecule has 1 fully saturated rings. The van der Waals surface area contributed by atoms with Crippen molar-refractivity contribution < 1.29 is 14.3 Å². The summed E-state index contributed by atoms with van der Waals surface area (Å²) in [6.07, 6.45) is 1.16. The van der Waals surface area contributed by atoms with Crippen LogP contribution in [0.3, 0.4) is 0 Å². The zero-order valence-electron chi connectivity index (χ0n) is 24.9. The number of carbonyl (C=O) groups is 2. The molecular weight excluding hydrogens is 570 g/mol. The van der Waals surface area contributed by atoms with Gasteiger partial charge in [0.2, 0.25) is 5.91 Å². The number of aromatic nitrogens is 3. The van der Waals surface area contributed by atoms with Crippen molar-refractivity contribution in [2.45, 2.75) is 31.0 Å². The number of nitrogens with zero attached hydrogens (tertiary/aromatic N) is 5. The molecule has 44 heavy (non-hydrogen) atoms. The van der Waals surface area contributed by atoms with E-state index in [0.29, 0.717) is 38.0 Å². The van der Waals surface area contributed by atoms with Crippen molar-refractivity contribution in [2.75, 3.05) is 32.5 Å². The van der Waals surface area contributed by atoms with Crippen molar-refractivity contribution in [1.29, 1.82) is 0 Å². The summed E-state index contributed by atoms with van der Waals surface area (Å²) in [5, 5.41) is 12.0. The number of ether oxygens (including phenoxy) is 1. The van der Waals surface area contributed by atoms with Crippen molar-refractivity contribution in [3.8, 4) is 22.8 Å². The fraction of sp³-hybridized carbons (Fsp3) is 0.257. The normalized spacial score (nSPS) is 15.0. The first kappa shape index (κ1) is 29.4. The zero-order valence-corrected chi connectivity index (χ0v) is 25.7. The average molecular weight is 606 g/mol. The van der Waals surface area contributed by atoms with Gasteiger partial charge in [-0.3, -0.25) is 14.2 Å². The Morgan fingerprint density at radius 3 is 2.39 bits per heavy atom. The summed E-state index contributed by atoms with van der Waals surface area (Å²) in [7, 11) is 1.65. The highest BCUT2D eigenvalue weighted by atomic mass is 32.2. The second kappa shape index (κ2) is 13.3. The molecule has 1 aliphatic rings. The summed E-state index contributed by atoms with van der Waals surface area (Å²) in [5.41, 5.74) is 2.61. The smallest absolute Gasteiger partial charge is 0.254 e. The van der Waals surface area contributed by atoms with Gasteiger partial charge in [-0.15, -0.1) is 10.2 Å². The van der Waals surface area contributed by atoms with Crippen LogP contribution in [0.1, 0.15) is 30.1 Å². The lowest BCUT2D eigenvalue weighted by Gasteiger charge is -2.40. The van der Waals surface area contributed by atoms with Crippen molar-refractivity contribution in [3.63, 3.8) is 0 Å². The Balaban J connectivity index is 1.05. The summed E-state index contributed by atoms with van der Waals surface area (Å²) in [6, 6.07) is 31.7.